The molecule has 4 aromatic rings. The number of nitrogens with zero attached hydrogens (tertiary/aromatic N) is 5. The number of hydrogen-bond acceptors (Lipinski definition) is 7. The third kappa shape index (κ3) is 3.18. The van der Waals surface area contributed by atoms with Crippen LogP contribution < -0.4 is 16.2 Å². The summed E-state index contributed by atoms with van der Waals surface area (Å²) >= 11 is 0. The SMILES string of the molecule is COc1cccc2c1nc(N)n1nc([C@H]3C[C@H](c4ccc(C(C)(C)N)c(C)n4)C3)nc21. The first-order chi connectivity index (χ1) is 14.8. The Labute approximate surface area is 180 Å². The van der Waals surface area contributed by atoms with E-state index in [1.165, 1.54) is 0 Å². The number of methoxy groups -OCH3 is 1. The molecule has 0 amide bonds. The highest BCUT2D eigenvalue weighted by Gasteiger charge is 2.36. The zero-order valence-corrected chi connectivity index (χ0v) is 18.3. The molecule has 1 fully saturated rings. The minimum Gasteiger partial charge on any atom is -0.494 e. The van der Waals surface area contributed by atoms with Crippen LogP contribution in [0.1, 0.15) is 61.3 Å². The monoisotopic (exact) mass is 417 g/mol. The van der Waals surface area contributed by atoms with Crippen molar-refractivity contribution in [1.82, 2.24) is 24.6 Å². The van der Waals surface area contributed by atoms with Gasteiger partial charge in [0.25, 0.3) is 0 Å². The molecule has 1 aliphatic carbocycles. The molecular formula is C23H27N7O. The quantitative estimate of drug-likeness (QED) is 0.522. The standard InChI is InChI=1S/C23H27N7O/c1-12-16(23(2,3)25)8-9-17(26-12)13-10-14(11-13)20-28-21-15-6-5-7-18(31-4)19(15)27-22(24)30(21)29-20/h5-9,13-14H,10-11,25H2,1-4H3,(H2,24,27)/t13-,14-. The predicted molar refractivity (Wildman–Crippen MR) is 120 cm³/mol. The first-order valence-corrected chi connectivity index (χ1v) is 10.5. The number of hydrogen-bond donors (Lipinski definition) is 2. The first-order valence-electron chi connectivity index (χ1n) is 10.5. The van der Waals surface area contributed by atoms with Crippen LogP contribution in [-0.2, 0) is 5.54 Å². The average molecular weight is 418 g/mol. The van der Waals surface area contributed by atoms with Gasteiger partial charge in [0, 0.05) is 34.1 Å². The molecule has 1 saturated carbocycles. The number of anilines is 1. The summed E-state index contributed by atoms with van der Waals surface area (Å²) in [6.07, 6.45) is 1.92. The van der Waals surface area contributed by atoms with Crippen molar-refractivity contribution in [3.63, 3.8) is 0 Å². The summed E-state index contributed by atoms with van der Waals surface area (Å²) in [5.41, 5.74) is 16.6. The molecule has 3 heterocycles. The van der Waals surface area contributed by atoms with Gasteiger partial charge >= 0.3 is 0 Å². The average Bonchev–Trinajstić information content (AvgIpc) is 3.11. The van der Waals surface area contributed by atoms with Crippen LogP contribution in [0, 0.1) is 6.92 Å². The summed E-state index contributed by atoms with van der Waals surface area (Å²) in [6, 6.07) is 9.98. The van der Waals surface area contributed by atoms with Crippen molar-refractivity contribution in [2.75, 3.05) is 12.8 Å². The minimum atomic E-state index is -0.391. The maximum absolute atomic E-state index is 6.25. The van der Waals surface area contributed by atoms with Crippen molar-refractivity contribution in [3.05, 3.63) is 53.1 Å². The number of aromatic nitrogens is 5. The molecule has 3 aromatic heterocycles. The number of rotatable bonds is 4. The molecule has 0 radical (unpaired) electrons. The van der Waals surface area contributed by atoms with E-state index in [0.717, 1.165) is 41.0 Å². The molecule has 0 aliphatic heterocycles. The fraction of sp³-hybridized carbons (Fsp3) is 0.391. The molecule has 0 saturated heterocycles. The topological polar surface area (TPSA) is 117 Å². The highest BCUT2D eigenvalue weighted by molar-refractivity contribution is 5.95. The van der Waals surface area contributed by atoms with E-state index in [2.05, 4.69) is 22.2 Å². The lowest BCUT2D eigenvalue weighted by Crippen LogP contribution is -2.30. The molecule has 160 valence electrons. The molecular weight excluding hydrogens is 390 g/mol. The summed E-state index contributed by atoms with van der Waals surface area (Å²) in [4.78, 5) is 14.2. The van der Waals surface area contributed by atoms with Crippen LogP contribution in [0.3, 0.4) is 0 Å². The maximum atomic E-state index is 6.25. The molecule has 0 spiro atoms. The molecule has 31 heavy (non-hydrogen) atoms. The summed E-state index contributed by atoms with van der Waals surface area (Å²) in [7, 11) is 1.62. The Morgan fingerprint density at radius 1 is 1.06 bits per heavy atom. The summed E-state index contributed by atoms with van der Waals surface area (Å²) in [5, 5.41) is 5.55. The van der Waals surface area contributed by atoms with Crippen molar-refractivity contribution < 1.29 is 4.74 Å². The fourth-order valence-electron chi connectivity index (χ4n) is 4.54. The van der Waals surface area contributed by atoms with Gasteiger partial charge in [-0.3, -0.25) is 4.98 Å². The number of nitrogens with two attached hydrogens (primary N) is 2. The van der Waals surface area contributed by atoms with Gasteiger partial charge in [0.15, 0.2) is 11.5 Å². The van der Waals surface area contributed by atoms with E-state index in [9.17, 15) is 0 Å². The minimum absolute atomic E-state index is 0.276. The van der Waals surface area contributed by atoms with Gasteiger partial charge in [0.05, 0.1) is 7.11 Å². The number of fused-ring (bicyclic) bond motifs is 3. The van der Waals surface area contributed by atoms with Crippen LogP contribution in [0.15, 0.2) is 30.3 Å². The zero-order chi connectivity index (χ0) is 21.9. The van der Waals surface area contributed by atoms with Crippen LogP contribution >= 0.6 is 0 Å². The molecule has 4 N–H and O–H groups in total. The van der Waals surface area contributed by atoms with Crippen molar-refractivity contribution >= 4 is 22.5 Å². The number of benzene rings is 1. The smallest absolute Gasteiger partial charge is 0.223 e. The van der Waals surface area contributed by atoms with E-state index in [0.29, 0.717) is 28.8 Å². The molecule has 1 aliphatic rings. The van der Waals surface area contributed by atoms with E-state index < -0.39 is 5.54 Å². The van der Waals surface area contributed by atoms with Crippen LogP contribution in [0.2, 0.25) is 0 Å². The third-order valence-electron chi connectivity index (χ3n) is 6.25. The van der Waals surface area contributed by atoms with E-state index in [1.54, 1.807) is 11.6 Å². The van der Waals surface area contributed by atoms with E-state index in [-0.39, 0.29) is 5.92 Å². The molecule has 0 unspecified atom stereocenters. The lowest BCUT2D eigenvalue weighted by Gasteiger charge is -2.33. The van der Waals surface area contributed by atoms with Crippen LogP contribution in [0.5, 0.6) is 5.75 Å². The van der Waals surface area contributed by atoms with E-state index in [1.807, 2.05) is 39.0 Å². The Hall–Kier alpha value is -3.26. The summed E-state index contributed by atoms with van der Waals surface area (Å²) < 4.78 is 7.06. The molecule has 0 atom stereocenters. The molecule has 5 rings (SSSR count). The number of para-hydroxylation sites is 1. The normalized spacial score (nSPS) is 19.0. The lowest BCUT2D eigenvalue weighted by molar-refractivity contribution is 0.331. The van der Waals surface area contributed by atoms with Gasteiger partial charge in [-0.05, 0) is 57.4 Å². The Morgan fingerprint density at radius 3 is 2.52 bits per heavy atom. The van der Waals surface area contributed by atoms with Crippen LogP contribution in [0.4, 0.5) is 5.95 Å². The molecule has 8 nitrogen and oxygen atoms in total. The Balaban J connectivity index is 1.43. The highest BCUT2D eigenvalue weighted by Crippen LogP contribution is 2.46. The Bertz CT molecular complexity index is 1300. The maximum Gasteiger partial charge on any atom is 0.223 e. The Kier molecular flexibility index (Phi) is 4.37. The van der Waals surface area contributed by atoms with Gasteiger partial charge in [-0.2, -0.15) is 4.52 Å². The van der Waals surface area contributed by atoms with Gasteiger partial charge < -0.3 is 16.2 Å². The van der Waals surface area contributed by atoms with E-state index in [4.69, 9.17) is 26.2 Å². The van der Waals surface area contributed by atoms with Crippen molar-refractivity contribution in [3.8, 4) is 5.75 Å². The van der Waals surface area contributed by atoms with Gasteiger partial charge in [-0.1, -0.05) is 12.1 Å². The summed E-state index contributed by atoms with van der Waals surface area (Å²) in [6.45, 7) is 6.04. The van der Waals surface area contributed by atoms with Crippen LogP contribution in [0.25, 0.3) is 16.6 Å². The Morgan fingerprint density at radius 2 is 1.84 bits per heavy atom. The second-order valence-corrected chi connectivity index (χ2v) is 8.99. The van der Waals surface area contributed by atoms with Gasteiger partial charge in [0.1, 0.15) is 11.3 Å². The molecule has 8 heteroatoms. The number of ether oxygens (including phenoxy) is 1. The summed E-state index contributed by atoms with van der Waals surface area (Å²) in [5.74, 6) is 2.45. The van der Waals surface area contributed by atoms with Crippen molar-refractivity contribution in [2.24, 2.45) is 5.73 Å². The van der Waals surface area contributed by atoms with Crippen molar-refractivity contribution in [1.29, 1.82) is 0 Å². The highest BCUT2D eigenvalue weighted by atomic mass is 16.5. The molecule has 0 bridgehead atoms. The first kappa shape index (κ1) is 19.7. The zero-order valence-electron chi connectivity index (χ0n) is 18.3. The third-order valence-corrected chi connectivity index (χ3v) is 6.25. The van der Waals surface area contributed by atoms with Gasteiger partial charge in [-0.15, -0.1) is 5.10 Å². The number of pyridine rings is 1. The van der Waals surface area contributed by atoms with Crippen LogP contribution in [-0.4, -0.2) is 31.7 Å². The lowest BCUT2D eigenvalue weighted by atomic mass is 9.72. The van der Waals surface area contributed by atoms with Gasteiger partial charge in [-0.25, -0.2) is 9.97 Å². The fourth-order valence-corrected chi connectivity index (χ4v) is 4.54. The number of nitrogen functional groups attached to an aromatic ring is 1. The second-order valence-electron chi connectivity index (χ2n) is 8.99. The second kappa shape index (κ2) is 6.88. The molecule has 1 aromatic carbocycles. The largest absolute Gasteiger partial charge is 0.494 e. The van der Waals surface area contributed by atoms with E-state index >= 15 is 0 Å². The predicted octanol–water partition coefficient (Wildman–Crippen LogP) is 3.43. The van der Waals surface area contributed by atoms with Crippen molar-refractivity contribution in [2.45, 2.75) is 51.0 Å². The number of aryl methyl sites for hydroxylation is 1. The van der Waals surface area contributed by atoms with Gasteiger partial charge in [0.2, 0.25) is 5.95 Å².